The monoisotopic (exact) mass is 194 g/mol. The Morgan fingerprint density at radius 3 is 2.00 bits per heavy atom. The third kappa shape index (κ3) is 2.40. The minimum atomic E-state index is 0.804. The molecule has 0 saturated carbocycles. The van der Waals surface area contributed by atoms with Crippen molar-refractivity contribution in [3.05, 3.63) is 11.6 Å². The fraction of sp³-hybridized carbons (Fsp3) is 0.857. The normalized spacial score (nSPS) is 27.1. The molecule has 4 atom stereocenters. The van der Waals surface area contributed by atoms with Crippen molar-refractivity contribution >= 4 is 0 Å². The maximum absolute atomic E-state index is 2.43. The maximum atomic E-state index is 2.43. The zero-order valence-corrected chi connectivity index (χ0v) is 10.7. The van der Waals surface area contributed by atoms with Crippen molar-refractivity contribution < 1.29 is 0 Å². The summed E-state index contributed by atoms with van der Waals surface area (Å²) in [6.45, 7) is 14.2. The lowest BCUT2D eigenvalue weighted by atomic mass is 9.75. The van der Waals surface area contributed by atoms with E-state index in [2.05, 4.69) is 47.6 Å². The molecule has 0 amide bonds. The van der Waals surface area contributed by atoms with Gasteiger partial charge in [-0.1, -0.05) is 59.6 Å². The van der Waals surface area contributed by atoms with Gasteiger partial charge in [0.2, 0.25) is 0 Å². The van der Waals surface area contributed by atoms with Gasteiger partial charge >= 0.3 is 0 Å². The molecule has 0 bridgehead atoms. The van der Waals surface area contributed by atoms with Crippen LogP contribution in [-0.2, 0) is 0 Å². The Morgan fingerprint density at radius 2 is 1.71 bits per heavy atom. The van der Waals surface area contributed by atoms with E-state index >= 15 is 0 Å². The van der Waals surface area contributed by atoms with Gasteiger partial charge in [0, 0.05) is 0 Å². The van der Waals surface area contributed by atoms with Gasteiger partial charge in [-0.2, -0.15) is 0 Å². The Bertz CT molecular complexity index is 212. The molecular formula is C14H26. The Hall–Kier alpha value is -0.260. The molecular weight excluding hydrogens is 168 g/mol. The largest absolute Gasteiger partial charge is 0.0775 e. The van der Waals surface area contributed by atoms with Crippen LogP contribution < -0.4 is 0 Å². The summed E-state index contributed by atoms with van der Waals surface area (Å²) in [5.74, 6) is 4.16. The van der Waals surface area contributed by atoms with Crippen LogP contribution in [-0.4, -0.2) is 0 Å². The summed E-state index contributed by atoms with van der Waals surface area (Å²) in [6, 6.07) is 0. The summed E-state index contributed by atoms with van der Waals surface area (Å²) in [5, 5.41) is 0. The molecule has 0 fully saturated rings. The molecule has 0 heterocycles. The van der Waals surface area contributed by atoms with Gasteiger partial charge in [0.1, 0.15) is 0 Å². The molecule has 0 radical (unpaired) electrons. The predicted octanol–water partition coefficient (Wildman–Crippen LogP) is 4.52. The average molecular weight is 194 g/mol. The van der Waals surface area contributed by atoms with E-state index in [0.717, 1.165) is 29.6 Å². The maximum Gasteiger partial charge on any atom is -0.00457 e. The highest BCUT2D eigenvalue weighted by atomic mass is 14.4. The molecule has 82 valence electrons. The smallest absolute Gasteiger partial charge is 0.00457 e. The first-order valence-corrected chi connectivity index (χ1v) is 6.20. The van der Waals surface area contributed by atoms with Crippen LogP contribution in [0.5, 0.6) is 0 Å². The van der Waals surface area contributed by atoms with Crippen LogP contribution in [0.1, 0.15) is 48.0 Å². The van der Waals surface area contributed by atoms with Gasteiger partial charge in [0.25, 0.3) is 0 Å². The molecule has 1 aliphatic carbocycles. The second-order valence-corrected chi connectivity index (χ2v) is 5.42. The van der Waals surface area contributed by atoms with Gasteiger partial charge in [0.05, 0.1) is 0 Å². The lowest BCUT2D eigenvalue weighted by Crippen LogP contribution is -2.23. The van der Waals surface area contributed by atoms with Crippen molar-refractivity contribution in [2.24, 2.45) is 29.6 Å². The second-order valence-electron chi connectivity index (χ2n) is 5.42. The first-order valence-electron chi connectivity index (χ1n) is 6.20. The van der Waals surface area contributed by atoms with Crippen LogP contribution in [0.3, 0.4) is 0 Å². The van der Waals surface area contributed by atoms with E-state index in [1.807, 2.05) is 0 Å². The van der Waals surface area contributed by atoms with Crippen molar-refractivity contribution in [3.8, 4) is 0 Å². The number of allylic oxidation sites excluding steroid dienone is 2. The topological polar surface area (TPSA) is 0 Å². The van der Waals surface area contributed by atoms with E-state index in [0.29, 0.717) is 0 Å². The zero-order chi connectivity index (χ0) is 10.9. The fourth-order valence-electron chi connectivity index (χ4n) is 2.73. The van der Waals surface area contributed by atoms with E-state index in [4.69, 9.17) is 0 Å². The highest BCUT2D eigenvalue weighted by Crippen LogP contribution is 2.43. The molecule has 1 aliphatic rings. The van der Waals surface area contributed by atoms with Gasteiger partial charge in [-0.25, -0.2) is 0 Å². The van der Waals surface area contributed by atoms with Crippen molar-refractivity contribution in [1.29, 1.82) is 0 Å². The van der Waals surface area contributed by atoms with E-state index in [-0.39, 0.29) is 0 Å². The van der Waals surface area contributed by atoms with Crippen LogP contribution >= 0.6 is 0 Å². The fourth-order valence-corrected chi connectivity index (χ4v) is 2.73. The van der Waals surface area contributed by atoms with Crippen molar-refractivity contribution in [1.82, 2.24) is 0 Å². The summed E-state index contributed by atoms with van der Waals surface area (Å²) in [4.78, 5) is 0. The van der Waals surface area contributed by atoms with Gasteiger partial charge < -0.3 is 0 Å². The van der Waals surface area contributed by atoms with Crippen LogP contribution in [0.4, 0.5) is 0 Å². The minimum absolute atomic E-state index is 0.804. The summed E-state index contributed by atoms with van der Waals surface area (Å²) in [6.07, 6.45) is 3.75. The standard InChI is InChI=1S/C14H26/c1-7-13(11(5)9(2)3)12(6)14-8-10(14)4/h8-13H,7H2,1-6H3. The van der Waals surface area contributed by atoms with Crippen LogP contribution in [0.15, 0.2) is 11.6 Å². The molecule has 1 rings (SSSR count). The lowest BCUT2D eigenvalue weighted by Gasteiger charge is -2.30. The van der Waals surface area contributed by atoms with Crippen molar-refractivity contribution in [2.75, 3.05) is 0 Å². The number of hydrogen-bond donors (Lipinski definition) is 0. The summed E-state index contributed by atoms with van der Waals surface area (Å²) in [7, 11) is 0. The molecule has 0 spiro atoms. The summed E-state index contributed by atoms with van der Waals surface area (Å²) < 4.78 is 0. The first-order chi connectivity index (χ1) is 6.49. The molecule has 0 heteroatoms. The predicted molar refractivity (Wildman–Crippen MR) is 64.2 cm³/mol. The minimum Gasteiger partial charge on any atom is -0.0775 e. The zero-order valence-electron chi connectivity index (χ0n) is 10.7. The second kappa shape index (κ2) is 4.51. The lowest BCUT2D eigenvalue weighted by molar-refractivity contribution is 0.218. The third-order valence-corrected chi connectivity index (χ3v) is 4.23. The van der Waals surface area contributed by atoms with Crippen LogP contribution in [0, 0.1) is 29.6 Å². The van der Waals surface area contributed by atoms with E-state index < -0.39 is 0 Å². The number of rotatable bonds is 5. The molecule has 0 aliphatic heterocycles. The molecule has 0 aromatic heterocycles. The molecule has 0 saturated heterocycles. The Labute approximate surface area is 89.8 Å². The Morgan fingerprint density at radius 1 is 1.21 bits per heavy atom. The van der Waals surface area contributed by atoms with Crippen LogP contribution in [0.2, 0.25) is 0 Å². The van der Waals surface area contributed by atoms with Gasteiger partial charge in [-0.3, -0.25) is 0 Å². The van der Waals surface area contributed by atoms with E-state index in [1.54, 1.807) is 5.57 Å². The number of hydrogen-bond acceptors (Lipinski definition) is 0. The van der Waals surface area contributed by atoms with E-state index in [9.17, 15) is 0 Å². The Kier molecular flexibility index (Phi) is 3.80. The van der Waals surface area contributed by atoms with Crippen molar-refractivity contribution in [2.45, 2.75) is 48.0 Å². The van der Waals surface area contributed by atoms with Crippen molar-refractivity contribution in [3.63, 3.8) is 0 Å². The quantitative estimate of drug-likeness (QED) is 0.565. The third-order valence-electron chi connectivity index (χ3n) is 4.23. The first kappa shape index (κ1) is 11.8. The molecule has 0 N–H and O–H groups in total. The van der Waals surface area contributed by atoms with E-state index in [1.165, 1.54) is 6.42 Å². The summed E-state index contributed by atoms with van der Waals surface area (Å²) >= 11 is 0. The van der Waals surface area contributed by atoms with Gasteiger partial charge in [0.15, 0.2) is 0 Å². The molecule has 4 unspecified atom stereocenters. The van der Waals surface area contributed by atoms with Gasteiger partial charge in [-0.05, 0) is 29.6 Å². The molecule has 0 aromatic carbocycles. The molecule has 0 nitrogen and oxygen atoms in total. The molecule has 14 heavy (non-hydrogen) atoms. The highest BCUT2D eigenvalue weighted by Gasteiger charge is 2.32. The average Bonchev–Trinajstić information content (AvgIpc) is 2.83. The summed E-state index contributed by atoms with van der Waals surface area (Å²) in [5.41, 5.74) is 1.71. The van der Waals surface area contributed by atoms with Gasteiger partial charge in [-0.15, -0.1) is 0 Å². The Balaban J connectivity index is 2.57. The molecule has 0 aromatic rings. The highest BCUT2D eigenvalue weighted by molar-refractivity contribution is 5.30. The SMILES string of the molecule is CCC(C(C)C1=CC1C)C(C)C(C)C. The van der Waals surface area contributed by atoms with Crippen LogP contribution in [0.25, 0.3) is 0 Å².